The molecule has 0 heterocycles. The molecule has 0 amide bonds. The van der Waals surface area contributed by atoms with Gasteiger partial charge in [-0.05, 0) is 136 Å². The van der Waals surface area contributed by atoms with Crippen molar-refractivity contribution in [1.82, 2.24) is 0 Å². The number of hydrogen-bond acceptors (Lipinski definition) is 0. The third kappa shape index (κ3) is 6.93. The third-order valence-electron chi connectivity index (χ3n) is 16.8. The Hall–Kier alpha value is -8.41. The fourth-order valence-electron chi connectivity index (χ4n) is 12.8. The van der Waals surface area contributed by atoms with Crippen molar-refractivity contribution in [2.24, 2.45) is 0 Å². The van der Waals surface area contributed by atoms with Gasteiger partial charge in [0.15, 0.2) is 0 Å². The van der Waals surface area contributed by atoms with Crippen molar-refractivity contribution in [2.45, 2.75) is 26.2 Å². The largest absolute Gasteiger partial charge is 0.113 e. The molecule has 0 aromatic heterocycles. The summed E-state index contributed by atoms with van der Waals surface area (Å²) in [6.07, 6.45) is 0. The van der Waals surface area contributed by atoms with Crippen LogP contribution in [-0.4, -0.2) is 16.1 Å². The maximum atomic E-state index is 2.53. The van der Waals surface area contributed by atoms with Gasteiger partial charge in [-0.1, -0.05) is 285 Å². The lowest BCUT2D eigenvalue weighted by atomic mass is 9.85. The molecule has 0 aliphatic rings. The van der Waals surface area contributed by atoms with Crippen molar-refractivity contribution in [3.8, 4) is 33.4 Å². The standard InChI is InChI=1S/C72H54Si2/c1-73(2,69-28-16-27-58-60-40-33-48-19-8-10-21-55(48)59(60)43-44-63(58)69)53-36-29-50(30-37-53)71-64-25-14-15-26-65(64)72(68-45-52(35-42-66(68)71)47-17-6-5-7-18-47)51-31-38-54(39-32-51)74(3,4)70-46-67-56-22-11-9-20-49(56)34-41-61(67)57-23-12-13-24-62(57)70/h5-46H,1-4H3. The summed E-state index contributed by atoms with van der Waals surface area (Å²) < 4.78 is 0. The molecule has 0 aliphatic carbocycles. The van der Waals surface area contributed by atoms with Gasteiger partial charge in [-0.2, -0.15) is 0 Å². The Balaban J connectivity index is 0.898. The minimum atomic E-state index is -2.23. The van der Waals surface area contributed by atoms with Gasteiger partial charge < -0.3 is 0 Å². The highest BCUT2D eigenvalue weighted by molar-refractivity contribution is 7.02. The zero-order valence-electron chi connectivity index (χ0n) is 42.2. The zero-order valence-corrected chi connectivity index (χ0v) is 44.2. The van der Waals surface area contributed by atoms with Gasteiger partial charge in [0.1, 0.15) is 16.1 Å². The van der Waals surface area contributed by atoms with Gasteiger partial charge in [-0.25, -0.2) is 0 Å². The smallest absolute Gasteiger partial charge is 0.0622 e. The Morgan fingerprint density at radius 1 is 0.203 bits per heavy atom. The van der Waals surface area contributed by atoms with E-state index in [-0.39, 0.29) is 0 Å². The van der Waals surface area contributed by atoms with Crippen LogP contribution in [0.1, 0.15) is 0 Å². The van der Waals surface area contributed by atoms with Crippen LogP contribution in [0.3, 0.4) is 0 Å². The molecular weight excluding hydrogens is 921 g/mol. The molecule has 0 aliphatic heterocycles. The molecule has 0 radical (unpaired) electrons. The predicted molar refractivity (Wildman–Crippen MR) is 329 cm³/mol. The van der Waals surface area contributed by atoms with Crippen LogP contribution >= 0.6 is 0 Å². The van der Waals surface area contributed by atoms with E-state index in [1.807, 2.05) is 0 Å². The summed E-state index contributed by atoms with van der Waals surface area (Å²) in [6.45, 7) is 10.1. The van der Waals surface area contributed by atoms with Gasteiger partial charge in [0, 0.05) is 0 Å². The van der Waals surface area contributed by atoms with E-state index in [0.29, 0.717) is 0 Å². The summed E-state index contributed by atoms with van der Waals surface area (Å²) in [5.74, 6) is 0. The Labute approximate surface area is 434 Å². The minimum absolute atomic E-state index is 1.22. The monoisotopic (exact) mass is 974 g/mol. The molecule has 2 heteroatoms. The van der Waals surface area contributed by atoms with Crippen LogP contribution in [0.4, 0.5) is 0 Å². The third-order valence-corrected chi connectivity index (χ3v) is 23.9. The summed E-state index contributed by atoms with van der Waals surface area (Å²) in [5, 5.41) is 26.8. The van der Waals surface area contributed by atoms with E-state index in [4.69, 9.17) is 0 Å². The summed E-state index contributed by atoms with van der Waals surface area (Å²) in [6, 6.07) is 96.7. The molecule has 0 saturated heterocycles. The molecule has 14 aromatic rings. The van der Waals surface area contributed by atoms with E-state index in [1.54, 1.807) is 0 Å². The van der Waals surface area contributed by atoms with Gasteiger partial charge in [0.25, 0.3) is 0 Å². The van der Waals surface area contributed by atoms with Crippen LogP contribution in [0, 0.1) is 0 Å². The first-order chi connectivity index (χ1) is 36.2. The predicted octanol–water partition coefficient (Wildman–Crippen LogP) is 17.6. The van der Waals surface area contributed by atoms with Gasteiger partial charge in [-0.3, -0.25) is 0 Å². The van der Waals surface area contributed by atoms with E-state index in [9.17, 15) is 0 Å². The van der Waals surface area contributed by atoms with E-state index < -0.39 is 16.1 Å². The van der Waals surface area contributed by atoms with Crippen molar-refractivity contribution in [3.63, 3.8) is 0 Å². The average molecular weight is 975 g/mol. The van der Waals surface area contributed by atoms with Crippen molar-refractivity contribution in [1.29, 1.82) is 0 Å². The lowest BCUT2D eigenvalue weighted by molar-refractivity contribution is 1.63. The van der Waals surface area contributed by atoms with Crippen LogP contribution in [0.5, 0.6) is 0 Å². The van der Waals surface area contributed by atoms with Gasteiger partial charge in [-0.15, -0.1) is 0 Å². The molecule has 0 unspecified atom stereocenters. The Morgan fingerprint density at radius 3 is 1.20 bits per heavy atom. The summed E-state index contributed by atoms with van der Waals surface area (Å²) in [5.41, 5.74) is 7.50. The Morgan fingerprint density at radius 2 is 0.581 bits per heavy atom. The van der Waals surface area contributed by atoms with E-state index in [0.717, 1.165) is 0 Å². The fourth-order valence-corrected chi connectivity index (χ4v) is 18.2. The molecule has 0 spiro atoms. The van der Waals surface area contributed by atoms with Gasteiger partial charge in [0.05, 0.1) is 0 Å². The second-order valence-corrected chi connectivity index (χ2v) is 30.3. The van der Waals surface area contributed by atoms with Gasteiger partial charge >= 0.3 is 0 Å². The summed E-state index contributed by atoms with van der Waals surface area (Å²) in [7, 11) is -4.40. The maximum absolute atomic E-state index is 2.53. The zero-order chi connectivity index (χ0) is 49.7. The average Bonchev–Trinajstić information content (AvgIpc) is 3.48. The number of fused-ring (bicyclic) bond motifs is 12. The summed E-state index contributed by atoms with van der Waals surface area (Å²) >= 11 is 0. The molecular formula is C72H54Si2. The van der Waals surface area contributed by atoms with Gasteiger partial charge in [0.2, 0.25) is 0 Å². The minimum Gasteiger partial charge on any atom is -0.0622 e. The second kappa shape index (κ2) is 17.1. The Kier molecular flexibility index (Phi) is 10.2. The topological polar surface area (TPSA) is 0 Å². The number of rotatable bonds is 7. The SMILES string of the molecule is C[Si](C)(c1ccc(-c2c3ccccc3c(-c3ccc([Si](C)(C)c4cc5c6ccccc6ccc5c5ccccc45)cc3)c3cc(-c4ccccc4)ccc23)cc1)c1cccc2c1ccc1c3ccccc3ccc21. The van der Waals surface area contributed by atoms with Crippen LogP contribution in [0.2, 0.25) is 26.2 Å². The van der Waals surface area contributed by atoms with Crippen LogP contribution in [0.25, 0.3) is 120 Å². The van der Waals surface area contributed by atoms with E-state index in [2.05, 4.69) is 281 Å². The quantitative estimate of drug-likeness (QED) is 0.0848. The van der Waals surface area contributed by atoms with Crippen LogP contribution in [0.15, 0.2) is 255 Å². The van der Waals surface area contributed by atoms with Crippen LogP contribution < -0.4 is 20.7 Å². The molecule has 0 bridgehead atoms. The van der Waals surface area contributed by atoms with Crippen molar-refractivity contribution in [3.05, 3.63) is 255 Å². The highest BCUT2D eigenvalue weighted by Crippen LogP contribution is 2.45. The molecule has 0 saturated carbocycles. The van der Waals surface area contributed by atoms with Crippen molar-refractivity contribution in [2.75, 3.05) is 0 Å². The molecule has 0 atom stereocenters. The molecule has 0 N–H and O–H groups in total. The highest BCUT2D eigenvalue weighted by atomic mass is 28.3. The second-order valence-electron chi connectivity index (χ2n) is 21.5. The van der Waals surface area contributed by atoms with Crippen molar-refractivity contribution >= 4 is 123 Å². The maximum Gasteiger partial charge on any atom is 0.113 e. The van der Waals surface area contributed by atoms with Crippen molar-refractivity contribution < 1.29 is 0 Å². The lowest BCUT2D eigenvalue weighted by Gasteiger charge is -2.27. The molecule has 0 fully saturated rings. The first kappa shape index (κ1) is 44.3. The normalized spacial score (nSPS) is 12.3. The first-order valence-corrected chi connectivity index (χ1v) is 32.2. The molecule has 0 nitrogen and oxygen atoms in total. The highest BCUT2D eigenvalue weighted by Gasteiger charge is 2.31. The fraction of sp³-hybridized carbons (Fsp3) is 0.0556. The van der Waals surface area contributed by atoms with E-state index in [1.165, 1.54) is 140 Å². The lowest BCUT2D eigenvalue weighted by Crippen LogP contribution is -2.53. The molecule has 74 heavy (non-hydrogen) atoms. The summed E-state index contributed by atoms with van der Waals surface area (Å²) in [4.78, 5) is 0. The molecule has 14 rings (SSSR count). The Bertz CT molecular complexity index is 4570. The number of hydrogen-bond donors (Lipinski definition) is 0. The molecule has 14 aromatic carbocycles. The molecule has 350 valence electrons. The van der Waals surface area contributed by atoms with E-state index >= 15 is 0 Å². The first-order valence-electron chi connectivity index (χ1n) is 26.2. The number of benzene rings is 14. The van der Waals surface area contributed by atoms with Crippen LogP contribution in [-0.2, 0) is 0 Å².